The second-order valence-electron chi connectivity index (χ2n) is 0. The Morgan fingerprint density at radius 1 is 0.750 bits per heavy atom. The minimum absolute atomic E-state index is 0. The molecule has 4 N–H and O–H groups in total. The number of rotatable bonds is 0. The van der Waals surface area contributed by atoms with E-state index in [1.165, 1.54) is 0 Å². The topological polar surface area (TPSA) is 63.0 Å². The zero-order valence-electron chi connectivity index (χ0n) is 2.35. The Bertz CT molecular complexity index is 6.00. The Morgan fingerprint density at radius 2 is 0.750 bits per heavy atom. The molecule has 0 atom stereocenters. The molecule has 0 saturated carbocycles. The molecular formula is H4KO2Os. The summed E-state index contributed by atoms with van der Waals surface area (Å²) in [6, 6.07) is 0. The second kappa shape index (κ2) is 19.0. The molecular weight excluding hydrogens is 261 g/mol. The van der Waals surface area contributed by atoms with E-state index in [1.54, 1.807) is 0 Å². The van der Waals surface area contributed by atoms with Crippen molar-refractivity contribution in [3.8, 4) is 0 Å². The van der Waals surface area contributed by atoms with Gasteiger partial charge in [-0.05, 0) is 0 Å². The van der Waals surface area contributed by atoms with Crippen molar-refractivity contribution in [1.29, 1.82) is 0 Å². The minimum Gasteiger partial charge on any atom is -0.412 e. The monoisotopic (exact) mass is 267 g/mol. The van der Waals surface area contributed by atoms with Gasteiger partial charge in [-0.15, -0.1) is 0 Å². The average Bonchev–Trinajstić information content (AvgIpc) is 0. The second-order valence-corrected chi connectivity index (χ2v) is 0. The van der Waals surface area contributed by atoms with Gasteiger partial charge in [-0.3, -0.25) is 0 Å². The molecule has 25 valence electrons. The predicted octanol–water partition coefficient (Wildman–Crippen LogP) is -2.03. The van der Waals surface area contributed by atoms with E-state index in [9.17, 15) is 0 Å². The van der Waals surface area contributed by atoms with Gasteiger partial charge in [0.1, 0.15) is 0 Å². The Morgan fingerprint density at radius 3 is 0.750 bits per heavy atom. The van der Waals surface area contributed by atoms with Gasteiger partial charge >= 0.3 is 0 Å². The van der Waals surface area contributed by atoms with Crippen LogP contribution in [0.15, 0.2) is 0 Å². The molecule has 2 nitrogen and oxygen atoms in total. The summed E-state index contributed by atoms with van der Waals surface area (Å²) in [5.74, 6) is 0. The molecule has 0 spiro atoms. The van der Waals surface area contributed by atoms with Crippen LogP contribution in [0.25, 0.3) is 0 Å². The molecule has 0 rings (SSSR count). The fraction of sp³-hybridized carbons (Fsp3) is 0. The fourth-order valence-corrected chi connectivity index (χ4v) is 0. The van der Waals surface area contributed by atoms with Gasteiger partial charge in [0.2, 0.25) is 0 Å². The molecule has 0 unspecified atom stereocenters. The van der Waals surface area contributed by atoms with E-state index in [0.29, 0.717) is 0 Å². The van der Waals surface area contributed by atoms with Crippen LogP contribution in [0.5, 0.6) is 0 Å². The first-order chi connectivity index (χ1) is 0. The Labute approximate surface area is 80.4 Å². The smallest absolute Gasteiger partial charge is 0 e. The van der Waals surface area contributed by atoms with Crippen LogP contribution in [0.1, 0.15) is 0 Å². The van der Waals surface area contributed by atoms with Crippen molar-refractivity contribution in [3.05, 3.63) is 0 Å². The van der Waals surface area contributed by atoms with Gasteiger partial charge in [0.15, 0.2) is 0 Å². The molecule has 0 aliphatic carbocycles. The van der Waals surface area contributed by atoms with Crippen LogP contribution in [-0.4, -0.2) is 62.3 Å². The van der Waals surface area contributed by atoms with Gasteiger partial charge in [-0.25, -0.2) is 0 Å². The van der Waals surface area contributed by atoms with Gasteiger partial charge in [0.25, 0.3) is 0 Å². The summed E-state index contributed by atoms with van der Waals surface area (Å²) in [5.41, 5.74) is 0. The molecule has 0 fully saturated rings. The van der Waals surface area contributed by atoms with E-state index in [-0.39, 0.29) is 82.1 Å². The number of hydrogen-bond acceptors (Lipinski definition) is 0. The van der Waals surface area contributed by atoms with E-state index in [4.69, 9.17) is 0 Å². The fourth-order valence-electron chi connectivity index (χ4n) is 0. The summed E-state index contributed by atoms with van der Waals surface area (Å²) < 4.78 is 0. The summed E-state index contributed by atoms with van der Waals surface area (Å²) in [7, 11) is 0. The predicted molar refractivity (Wildman–Crippen MR) is 13.0 cm³/mol. The van der Waals surface area contributed by atoms with Crippen LogP contribution in [0.3, 0.4) is 0 Å². The molecule has 1 radical (unpaired) electrons. The van der Waals surface area contributed by atoms with E-state index >= 15 is 0 Å². The van der Waals surface area contributed by atoms with Crippen LogP contribution in [0.2, 0.25) is 0 Å². The molecule has 0 saturated heterocycles. The zero-order valence-corrected chi connectivity index (χ0v) is 8.02. The third-order valence-corrected chi connectivity index (χ3v) is 0. The van der Waals surface area contributed by atoms with Crippen LogP contribution in [0.4, 0.5) is 0 Å². The van der Waals surface area contributed by atoms with Gasteiger partial charge in [-0.1, -0.05) is 0 Å². The molecule has 0 amide bonds. The van der Waals surface area contributed by atoms with Crippen molar-refractivity contribution >= 4 is 51.4 Å². The van der Waals surface area contributed by atoms with Crippen molar-refractivity contribution in [2.24, 2.45) is 0 Å². The first-order valence-corrected chi connectivity index (χ1v) is 0. The van der Waals surface area contributed by atoms with Crippen LogP contribution >= 0.6 is 0 Å². The average molecular weight is 265 g/mol. The third kappa shape index (κ3) is 8.89. The maximum atomic E-state index is 0. The standard InChI is InChI=1S/K.2H2O.Os/h;2*1H2;. The minimum atomic E-state index is 0. The van der Waals surface area contributed by atoms with E-state index < -0.39 is 0 Å². The SMILES string of the molecule is O.O.[K].[Os]. The van der Waals surface area contributed by atoms with Crippen LogP contribution in [0, 0.1) is 0 Å². The van der Waals surface area contributed by atoms with Crippen molar-refractivity contribution in [2.45, 2.75) is 0 Å². The summed E-state index contributed by atoms with van der Waals surface area (Å²) in [5, 5.41) is 0. The van der Waals surface area contributed by atoms with Gasteiger partial charge in [0.05, 0.1) is 0 Å². The first-order valence-electron chi connectivity index (χ1n) is 0. The maximum absolute atomic E-state index is 0. The normalized spacial score (nSPS) is 0. The molecule has 0 aromatic heterocycles. The van der Waals surface area contributed by atoms with E-state index in [0.717, 1.165) is 0 Å². The van der Waals surface area contributed by atoms with Gasteiger partial charge in [0, 0.05) is 71.2 Å². The van der Waals surface area contributed by atoms with Crippen molar-refractivity contribution in [3.63, 3.8) is 0 Å². The van der Waals surface area contributed by atoms with Gasteiger partial charge < -0.3 is 11.0 Å². The summed E-state index contributed by atoms with van der Waals surface area (Å²) in [4.78, 5) is 0. The summed E-state index contributed by atoms with van der Waals surface area (Å²) in [6.07, 6.45) is 0. The Kier molecular flexibility index (Phi) is 165. The molecule has 4 heteroatoms. The molecule has 0 aliphatic rings. The summed E-state index contributed by atoms with van der Waals surface area (Å²) >= 11 is 0. The maximum Gasteiger partial charge on any atom is 0 e. The molecule has 0 aromatic rings. The van der Waals surface area contributed by atoms with Crippen molar-refractivity contribution < 1.29 is 30.7 Å². The molecule has 4 heavy (non-hydrogen) atoms. The van der Waals surface area contributed by atoms with E-state index in [2.05, 4.69) is 0 Å². The van der Waals surface area contributed by atoms with Crippen molar-refractivity contribution in [1.82, 2.24) is 0 Å². The van der Waals surface area contributed by atoms with E-state index in [1.807, 2.05) is 0 Å². The van der Waals surface area contributed by atoms with Crippen molar-refractivity contribution in [2.75, 3.05) is 0 Å². The quantitative estimate of drug-likeness (QED) is 0.453. The Hall–Kier alpha value is 2.19. The zero-order chi connectivity index (χ0) is 0. The molecule has 0 aliphatic heterocycles. The van der Waals surface area contributed by atoms with Crippen LogP contribution in [-0.2, 0) is 19.8 Å². The van der Waals surface area contributed by atoms with Crippen LogP contribution < -0.4 is 0 Å². The molecule has 0 aromatic carbocycles. The third-order valence-electron chi connectivity index (χ3n) is 0. The number of hydrogen-bond donors (Lipinski definition) is 0. The molecule has 0 heterocycles. The largest absolute Gasteiger partial charge is 0.412 e. The summed E-state index contributed by atoms with van der Waals surface area (Å²) in [6.45, 7) is 0. The Balaban J connectivity index is 0. The first kappa shape index (κ1) is 34.7. The van der Waals surface area contributed by atoms with Gasteiger partial charge in [-0.2, -0.15) is 0 Å². The molecule has 0 bridgehead atoms.